The molecule has 2 aromatic rings. The lowest BCUT2D eigenvalue weighted by atomic mass is 9.87. The lowest BCUT2D eigenvalue weighted by Gasteiger charge is -2.39. The van der Waals surface area contributed by atoms with E-state index >= 15 is 0 Å². The summed E-state index contributed by atoms with van der Waals surface area (Å²) < 4.78 is 24.4. The Kier molecular flexibility index (Phi) is 5.97. The van der Waals surface area contributed by atoms with Crippen molar-refractivity contribution in [2.24, 2.45) is 0 Å². The van der Waals surface area contributed by atoms with Crippen molar-refractivity contribution in [3.8, 4) is 16.9 Å². The van der Waals surface area contributed by atoms with E-state index in [4.69, 9.17) is 9.47 Å². The van der Waals surface area contributed by atoms with Gasteiger partial charge in [0.05, 0.1) is 12.8 Å². The standard InChI is InChI=1S/C27H34N2O4S/c1-17-13-19(32-5)7-8-20(17)18-14-21-22-16-28(26(30)33-27(2,3)4)11-9-23(22)29-10-6-12-34(31)24(15-18)25(21)29/h7-8,13-15,22-23H,6,9-12,16H2,1-5H3/t22-,23-,34?/m0/s1. The molecule has 182 valence electrons. The number of rotatable bonds is 2. The number of amides is 1. The van der Waals surface area contributed by atoms with Crippen molar-refractivity contribution in [2.75, 3.05) is 37.4 Å². The first-order chi connectivity index (χ1) is 16.2. The van der Waals surface area contributed by atoms with Crippen LogP contribution in [-0.2, 0) is 15.9 Å². The molecule has 1 saturated heterocycles. The molecule has 1 amide bonds. The van der Waals surface area contributed by atoms with Gasteiger partial charge in [-0.25, -0.2) is 4.79 Å². The summed E-state index contributed by atoms with van der Waals surface area (Å²) in [4.78, 5) is 18.2. The van der Waals surface area contributed by atoms with Gasteiger partial charge in [0.1, 0.15) is 17.1 Å². The molecular weight excluding hydrogens is 448 g/mol. The van der Waals surface area contributed by atoms with Gasteiger partial charge in [0.2, 0.25) is 0 Å². The Morgan fingerprint density at radius 2 is 1.97 bits per heavy atom. The second-order valence-electron chi connectivity index (χ2n) is 10.6. The molecule has 3 aliphatic rings. The number of anilines is 1. The maximum Gasteiger partial charge on any atom is 0.410 e. The van der Waals surface area contributed by atoms with Crippen LogP contribution in [-0.4, -0.2) is 59.7 Å². The molecule has 0 radical (unpaired) electrons. The van der Waals surface area contributed by atoms with E-state index in [0.29, 0.717) is 24.9 Å². The van der Waals surface area contributed by atoms with Crippen LogP contribution in [0.1, 0.15) is 50.7 Å². The molecule has 0 aliphatic carbocycles. The van der Waals surface area contributed by atoms with Crippen LogP contribution in [0.25, 0.3) is 11.1 Å². The van der Waals surface area contributed by atoms with Crippen molar-refractivity contribution < 1.29 is 18.8 Å². The first-order valence-corrected chi connectivity index (χ1v) is 13.4. The van der Waals surface area contributed by atoms with Crippen LogP contribution in [0.15, 0.2) is 35.2 Å². The van der Waals surface area contributed by atoms with E-state index in [0.717, 1.165) is 52.4 Å². The molecule has 1 unspecified atom stereocenters. The number of carbonyl (C=O) groups excluding carboxylic acids is 1. The number of hydrogen-bond donors (Lipinski definition) is 0. The Morgan fingerprint density at radius 1 is 1.18 bits per heavy atom. The third-order valence-electron chi connectivity index (χ3n) is 7.14. The predicted molar refractivity (Wildman–Crippen MR) is 135 cm³/mol. The summed E-state index contributed by atoms with van der Waals surface area (Å²) in [6.45, 7) is 10.0. The summed E-state index contributed by atoms with van der Waals surface area (Å²) >= 11 is -1.04. The van der Waals surface area contributed by atoms with Gasteiger partial charge in [0.25, 0.3) is 0 Å². The van der Waals surface area contributed by atoms with Gasteiger partial charge in [-0.1, -0.05) is 6.07 Å². The second kappa shape index (κ2) is 8.68. The number of nitrogens with zero attached hydrogens (tertiary/aromatic N) is 2. The van der Waals surface area contributed by atoms with E-state index in [-0.39, 0.29) is 12.0 Å². The molecule has 3 aliphatic heterocycles. The summed E-state index contributed by atoms with van der Waals surface area (Å²) in [6, 6.07) is 10.8. The maximum absolute atomic E-state index is 13.3. The summed E-state index contributed by atoms with van der Waals surface area (Å²) in [5.74, 6) is 1.70. The zero-order valence-corrected chi connectivity index (χ0v) is 21.5. The Labute approximate surface area is 205 Å². The van der Waals surface area contributed by atoms with Gasteiger partial charge in [0.15, 0.2) is 4.90 Å². The highest BCUT2D eigenvalue weighted by molar-refractivity contribution is 7.91. The largest absolute Gasteiger partial charge is 0.611 e. The first kappa shape index (κ1) is 23.4. The Bertz CT molecular complexity index is 1110. The quantitative estimate of drug-likeness (QED) is 0.558. The average Bonchev–Trinajstić information content (AvgIpc) is 2.99. The average molecular weight is 483 g/mol. The van der Waals surface area contributed by atoms with E-state index in [1.807, 2.05) is 37.8 Å². The van der Waals surface area contributed by atoms with Crippen molar-refractivity contribution >= 4 is 23.0 Å². The van der Waals surface area contributed by atoms with Gasteiger partial charge >= 0.3 is 6.09 Å². The van der Waals surface area contributed by atoms with E-state index < -0.39 is 16.8 Å². The fraction of sp³-hybridized carbons (Fsp3) is 0.519. The zero-order valence-electron chi connectivity index (χ0n) is 20.7. The number of ether oxygens (including phenoxy) is 2. The molecule has 0 saturated carbocycles. The minimum atomic E-state index is -1.04. The number of carbonyl (C=O) groups is 1. The number of likely N-dealkylation sites (tertiary alicyclic amines) is 1. The van der Waals surface area contributed by atoms with Gasteiger partial charge in [-0.05, 0) is 85.7 Å². The van der Waals surface area contributed by atoms with Gasteiger partial charge < -0.3 is 23.8 Å². The molecule has 3 atom stereocenters. The highest BCUT2D eigenvalue weighted by atomic mass is 32.2. The summed E-state index contributed by atoms with van der Waals surface area (Å²) in [6.07, 6.45) is 1.56. The number of methoxy groups -OCH3 is 1. The summed E-state index contributed by atoms with van der Waals surface area (Å²) in [7, 11) is 1.68. The third kappa shape index (κ3) is 4.13. The zero-order chi connectivity index (χ0) is 24.2. The summed E-state index contributed by atoms with van der Waals surface area (Å²) in [5.41, 5.74) is 5.17. The van der Waals surface area contributed by atoms with Crippen molar-refractivity contribution in [3.05, 3.63) is 41.5 Å². The molecule has 5 rings (SSSR count). The van der Waals surface area contributed by atoms with E-state index in [1.54, 1.807) is 7.11 Å². The monoisotopic (exact) mass is 482 g/mol. The van der Waals surface area contributed by atoms with E-state index in [2.05, 4.69) is 30.0 Å². The minimum Gasteiger partial charge on any atom is -0.611 e. The molecule has 6 nitrogen and oxygen atoms in total. The van der Waals surface area contributed by atoms with Gasteiger partial charge in [-0.3, -0.25) is 0 Å². The van der Waals surface area contributed by atoms with Crippen LogP contribution in [0.5, 0.6) is 5.75 Å². The van der Waals surface area contributed by atoms with Crippen LogP contribution in [0.2, 0.25) is 0 Å². The first-order valence-electron chi connectivity index (χ1n) is 12.1. The maximum atomic E-state index is 13.3. The van der Waals surface area contributed by atoms with Crippen LogP contribution in [0.4, 0.5) is 10.5 Å². The predicted octanol–water partition coefficient (Wildman–Crippen LogP) is 5.09. The van der Waals surface area contributed by atoms with Crippen molar-refractivity contribution in [3.63, 3.8) is 0 Å². The highest BCUT2D eigenvalue weighted by Gasteiger charge is 2.47. The highest BCUT2D eigenvalue weighted by Crippen LogP contribution is 2.51. The smallest absolute Gasteiger partial charge is 0.410 e. The van der Waals surface area contributed by atoms with Gasteiger partial charge in [-0.15, -0.1) is 0 Å². The Morgan fingerprint density at radius 3 is 2.68 bits per heavy atom. The fourth-order valence-electron chi connectivity index (χ4n) is 5.67. The number of fused-ring (bicyclic) bond motifs is 3. The topological polar surface area (TPSA) is 65.1 Å². The molecule has 2 aromatic carbocycles. The fourth-order valence-corrected chi connectivity index (χ4v) is 6.99. The molecule has 0 aromatic heterocycles. The third-order valence-corrected chi connectivity index (χ3v) is 8.60. The van der Waals surface area contributed by atoms with Crippen molar-refractivity contribution in [2.45, 2.75) is 63.0 Å². The lowest BCUT2D eigenvalue weighted by Crippen LogP contribution is -2.49. The van der Waals surface area contributed by atoms with Crippen LogP contribution in [0.3, 0.4) is 0 Å². The number of benzene rings is 2. The van der Waals surface area contributed by atoms with Crippen molar-refractivity contribution in [1.29, 1.82) is 0 Å². The molecule has 1 fully saturated rings. The number of aryl methyl sites for hydroxylation is 1. The molecule has 7 heteroatoms. The second-order valence-corrected chi connectivity index (χ2v) is 12.1. The van der Waals surface area contributed by atoms with Gasteiger partial charge in [0, 0.05) is 44.1 Å². The molecule has 0 spiro atoms. The number of piperidine rings is 1. The minimum absolute atomic E-state index is 0.184. The lowest BCUT2D eigenvalue weighted by molar-refractivity contribution is 0.0189. The van der Waals surface area contributed by atoms with Crippen LogP contribution < -0.4 is 9.64 Å². The normalized spacial score (nSPS) is 23.8. The van der Waals surface area contributed by atoms with Crippen LogP contribution >= 0.6 is 0 Å². The summed E-state index contributed by atoms with van der Waals surface area (Å²) in [5, 5.41) is 0. The Hall–Kier alpha value is -2.38. The van der Waals surface area contributed by atoms with Crippen LogP contribution in [0, 0.1) is 6.92 Å². The van der Waals surface area contributed by atoms with Crippen molar-refractivity contribution in [1.82, 2.24) is 4.90 Å². The SMILES string of the molecule is COc1ccc(-c2cc3c4c(c2)[S+]([O-])CCCN4[C@H]2CCN(C(=O)OC(C)(C)C)C[C@@H]32)c(C)c1. The molecule has 34 heavy (non-hydrogen) atoms. The molecule has 0 bridgehead atoms. The number of hydrogen-bond acceptors (Lipinski definition) is 5. The molecule has 3 heterocycles. The van der Waals surface area contributed by atoms with E-state index in [9.17, 15) is 9.35 Å². The van der Waals surface area contributed by atoms with Gasteiger partial charge in [-0.2, -0.15) is 0 Å². The Balaban J connectivity index is 1.57. The van der Waals surface area contributed by atoms with E-state index in [1.165, 1.54) is 5.56 Å². The molecular formula is C27H34N2O4S. The molecule has 0 N–H and O–H groups in total.